The Bertz CT molecular complexity index is 555. The fraction of sp³-hybridized carbons (Fsp3) is 0.250. The maximum absolute atomic E-state index is 11.3. The molecule has 2 aromatic rings. The molecule has 0 radical (unpaired) electrons. The van der Waals surface area contributed by atoms with E-state index >= 15 is 0 Å². The van der Waals surface area contributed by atoms with Crippen molar-refractivity contribution in [3.63, 3.8) is 0 Å². The molecule has 21 heavy (non-hydrogen) atoms. The van der Waals surface area contributed by atoms with Crippen LogP contribution in [0.2, 0.25) is 0 Å². The SMILES string of the molecule is CCNC(=O)NCc1ccc(OCc2ccccn2)cc1. The van der Waals surface area contributed by atoms with Crippen molar-refractivity contribution in [2.45, 2.75) is 20.1 Å². The van der Waals surface area contributed by atoms with Crippen molar-refractivity contribution in [1.29, 1.82) is 0 Å². The van der Waals surface area contributed by atoms with Crippen molar-refractivity contribution < 1.29 is 9.53 Å². The molecule has 0 spiro atoms. The van der Waals surface area contributed by atoms with Gasteiger partial charge < -0.3 is 15.4 Å². The van der Waals surface area contributed by atoms with E-state index in [1.165, 1.54) is 0 Å². The molecule has 0 saturated carbocycles. The zero-order valence-electron chi connectivity index (χ0n) is 12.0. The molecule has 0 aliphatic carbocycles. The van der Waals surface area contributed by atoms with Crippen LogP contribution >= 0.6 is 0 Å². The Morgan fingerprint density at radius 1 is 1.14 bits per heavy atom. The number of carbonyl (C=O) groups excluding carboxylic acids is 1. The summed E-state index contributed by atoms with van der Waals surface area (Å²) in [6, 6.07) is 13.2. The molecule has 0 saturated heterocycles. The fourth-order valence-corrected chi connectivity index (χ4v) is 1.75. The summed E-state index contributed by atoms with van der Waals surface area (Å²) in [5.41, 5.74) is 1.91. The summed E-state index contributed by atoms with van der Waals surface area (Å²) in [4.78, 5) is 15.5. The molecular formula is C16H19N3O2. The lowest BCUT2D eigenvalue weighted by molar-refractivity contribution is 0.241. The Hall–Kier alpha value is -2.56. The van der Waals surface area contributed by atoms with Gasteiger partial charge in [0.15, 0.2) is 0 Å². The smallest absolute Gasteiger partial charge is 0.315 e. The fourth-order valence-electron chi connectivity index (χ4n) is 1.75. The normalized spacial score (nSPS) is 9.95. The first-order chi connectivity index (χ1) is 10.3. The van der Waals surface area contributed by atoms with E-state index in [2.05, 4.69) is 15.6 Å². The van der Waals surface area contributed by atoms with Crippen LogP contribution in [-0.2, 0) is 13.2 Å². The molecular weight excluding hydrogens is 266 g/mol. The van der Waals surface area contributed by atoms with Gasteiger partial charge in [0.2, 0.25) is 0 Å². The van der Waals surface area contributed by atoms with E-state index in [-0.39, 0.29) is 6.03 Å². The Morgan fingerprint density at radius 2 is 1.95 bits per heavy atom. The van der Waals surface area contributed by atoms with Gasteiger partial charge in [-0.05, 0) is 36.8 Å². The van der Waals surface area contributed by atoms with Crippen LogP contribution in [0.3, 0.4) is 0 Å². The molecule has 5 nitrogen and oxygen atoms in total. The average Bonchev–Trinajstić information content (AvgIpc) is 2.53. The summed E-state index contributed by atoms with van der Waals surface area (Å²) in [7, 11) is 0. The van der Waals surface area contributed by atoms with Gasteiger partial charge in [-0.2, -0.15) is 0 Å². The first kappa shape index (κ1) is 14.8. The third-order valence-corrected chi connectivity index (χ3v) is 2.83. The number of benzene rings is 1. The minimum Gasteiger partial charge on any atom is -0.487 e. The molecule has 110 valence electrons. The quantitative estimate of drug-likeness (QED) is 0.857. The lowest BCUT2D eigenvalue weighted by Gasteiger charge is -2.08. The van der Waals surface area contributed by atoms with Gasteiger partial charge in [-0.3, -0.25) is 4.98 Å². The number of pyridine rings is 1. The van der Waals surface area contributed by atoms with E-state index in [1.807, 2.05) is 49.4 Å². The molecule has 1 heterocycles. The molecule has 0 fully saturated rings. The maximum Gasteiger partial charge on any atom is 0.315 e. The largest absolute Gasteiger partial charge is 0.487 e. The summed E-state index contributed by atoms with van der Waals surface area (Å²) in [5, 5.41) is 5.46. The number of hydrogen-bond acceptors (Lipinski definition) is 3. The average molecular weight is 285 g/mol. The number of aromatic nitrogens is 1. The molecule has 0 atom stereocenters. The van der Waals surface area contributed by atoms with E-state index in [9.17, 15) is 4.79 Å². The Balaban J connectivity index is 1.80. The van der Waals surface area contributed by atoms with Gasteiger partial charge in [0.1, 0.15) is 12.4 Å². The third-order valence-electron chi connectivity index (χ3n) is 2.83. The highest BCUT2D eigenvalue weighted by Crippen LogP contribution is 2.13. The van der Waals surface area contributed by atoms with Gasteiger partial charge in [-0.1, -0.05) is 18.2 Å². The van der Waals surface area contributed by atoms with Gasteiger partial charge in [0.05, 0.1) is 5.69 Å². The van der Waals surface area contributed by atoms with Crippen molar-refractivity contribution in [3.8, 4) is 5.75 Å². The third kappa shape index (κ3) is 5.14. The molecule has 1 aromatic carbocycles. The number of ether oxygens (including phenoxy) is 1. The zero-order valence-corrected chi connectivity index (χ0v) is 12.0. The molecule has 5 heteroatoms. The van der Waals surface area contributed by atoms with Gasteiger partial charge in [-0.25, -0.2) is 4.79 Å². The first-order valence-corrected chi connectivity index (χ1v) is 6.91. The van der Waals surface area contributed by atoms with E-state index in [1.54, 1.807) is 6.20 Å². The van der Waals surface area contributed by atoms with Crippen molar-refractivity contribution >= 4 is 6.03 Å². The first-order valence-electron chi connectivity index (χ1n) is 6.91. The van der Waals surface area contributed by atoms with Gasteiger partial charge >= 0.3 is 6.03 Å². The molecule has 0 unspecified atom stereocenters. The van der Waals surface area contributed by atoms with Gasteiger partial charge in [0, 0.05) is 19.3 Å². The van der Waals surface area contributed by atoms with Crippen LogP contribution in [-0.4, -0.2) is 17.6 Å². The van der Waals surface area contributed by atoms with E-state index in [4.69, 9.17) is 4.74 Å². The number of urea groups is 1. The summed E-state index contributed by atoms with van der Waals surface area (Å²) >= 11 is 0. The van der Waals surface area contributed by atoms with E-state index < -0.39 is 0 Å². The highest BCUT2D eigenvalue weighted by Gasteiger charge is 2.00. The highest BCUT2D eigenvalue weighted by molar-refractivity contribution is 5.73. The number of amides is 2. The lowest BCUT2D eigenvalue weighted by Crippen LogP contribution is -2.34. The highest BCUT2D eigenvalue weighted by atomic mass is 16.5. The standard InChI is InChI=1S/C16H19N3O2/c1-2-17-16(20)19-11-13-6-8-15(9-7-13)21-12-14-5-3-4-10-18-14/h3-10H,2,11-12H2,1H3,(H2,17,19,20). The van der Waals surface area contributed by atoms with Crippen LogP contribution in [0.25, 0.3) is 0 Å². The Kier molecular flexibility index (Phi) is 5.58. The van der Waals surface area contributed by atoms with Crippen molar-refractivity contribution in [2.75, 3.05) is 6.54 Å². The van der Waals surface area contributed by atoms with Crippen LogP contribution in [0.1, 0.15) is 18.2 Å². The van der Waals surface area contributed by atoms with Crippen molar-refractivity contribution in [1.82, 2.24) is 15.6 Å². The lowest BCUT2D eigenvalue weighted by atomic mass is 10.2. The number of rotatable bonds is 6. The molecule has 1 aromatic heterocycles. The van der Waals surface area contributed by atoms with Crippen LogP contribution in [0.15, 0.2) is 48.7 Å². The van der Waals surface area contributed by atoms with Crippen LogP contribution < -0.4 is 15.4 Å². The Morgan fingerprint density at radius 3 is 2.62 bits per heavy atom. The predicted octanol–water partition coefficient (Wildman–Crippen LogP) is 2.48. The second-order valence-electron chi connectivity index (χ2n) is 4.47. The van der Waals surface area contributed by atoms with Gasteiger partial charge in [-0.15, -0.1) is 0 Å². The van der Waals surface area contributed by atoms with E-state index in [0.29, 0.717) is 19.7 Å². The van der Waals surface area contributed by atoms with E-state index in [0.717, 1.165) is 17.0 Å². The number of carbonyl (C=O) groups is 1. The molecule has 2 rings (SSSR count). The topological polar surface area (TPSA) is 63.2 Å². The summed E-state index contributed by atoms with van der Waals surface area (Å²) in [6.45, 7) is 3.43. The summed E-state index contributed by atoms with van der Waals surface area (Å²) < 4.78 is 5.65. The minimum absolute atomic E-state index is 0.159. The molecule has 0 bridgehead atoms. The number of hydrogen-bond donors (Lipinski definition) is 2. The minimum atomic E-state index is -0.159. The number of nitrogens with zero attached hydrogens (tertiary/aromatic N) is 1. The van der Waals surface area contributed by atoms with Crippen LogP contribution in [0.4, 0.5) is 4.79 Å². The van der Waals surface area contributed by atoms with Crippen LogP contribution in [0.5, 0.6) is 5.75 Å². The molecule has 2 amide bonds. The second-order valence-corrected chi connectivity index (χ2v) is 4.47. The number of nitrogens with one attached hydrogen (secondary N) is 2. The Labute approximate surface area is 124 Å². The molecule has 2 N–H and O–H groups in total. The summed E-state index contributed by atoms with van der Waals surface area (Å²) in [5.74, 6) is 0.780. The van der Waals surface area contributed by atoms with Crippen LogP contribution in [0, 0.1) is 0 Å². The molecule has 0 aliphatic heterocycles. The zero-order chi connectivity index (χ0) is 14.9. The second kappa shape index (κ2) is 7.89. The monoisotopic (exact) mass is 285 g/mol. The van der Waals surface area contributed by atoms with Crippen molar-refractivity contribution in [2.24, 2.45) is 0 Å². The maximum atomic E-state index is 11.3. The summed E-state index contributed by atoms with van der Waals surface area (Å²) in [6.07, 6.45) is 1.74. The van der Waals surface area contributed by atoms with Crippen molar-refractivity contribution in [3.05, 3.63) is 59.9 Å². The van der Waals surface area contributed by atoms with Gasteiger partial charge in [0.25, 0.3) is 0 Å². The predicted molar refractivity (Wildman–Crippen MR) is 80.9 cm³/mol. The molecule has 0 aliphatic rings.